The minimum Gasteiger partial charge on any atom is -0.370 e. The zero-order valence-electron chi connectivity index (χ0n) is 18.6. The van der Waals surface area contributed by atoms with Crippen molar-refractivity contribution < 1.29 is 26.3 Å². The standard InChI is InChI=1S/C24H17Cl2F6N5/c25-14-6-8-18(17(26)10-14)35-22(33)36-20(11-37-12-34-19-3-1-2-4-21(19)37)15-9-13(23(27,28)29)5-7-16(15)24(30,31)32/h1-10,12,20H,11H2,(H3,33,35,36). The number of nitrogens with one attached hydrogen (secondary N) is 1. The average molecular weight is 560 g/mol. The summed E-state index contributed by atoms with van der Waals surface area (Å²) in [7, 11) is 0. The summed E-state index contributed by atoms with van der Waals surface area (Å²) < 4.78 is 83.7. The van der Waals surface area contributed by atoms with Crippen molar-refractivity contribution in [3.8, 4) is 0 Å². The van der Waals surface area contributed by atoms with Gasteiger partial charge in [-0.1, -0.05) is 35.3 Å². The highest BCUT2D eigenvalue weighted by Gasteiger charge is 2.39. The van der Waals surface area contributed by atoms with Crippen LogP contribution >= 0.6 is 23.2 Å². The number of imidazole rings is 1. The molecule has 1 atom stereocenters. The highest BCUT2D eigenvalue weighted by molar-refractivity contribution is 6.36. The van der Waals surface area contributed by atoms with Gasteiger partial charge in [0.15, 0.2) is 5.96 Å². The Morgan fingerprint density at radius 3 is 2.38 bits per heavy atom. The first-order valence-corrected chi connectivity index (χ1v) is 11.3. The number of nitrogens with zero attached hydrogens (tertiary/aromatic N) is 3. The molecule has 194 valence electrons. The third-order valence-corrected chi connectivity index (χ3v) is 5.98. The van der Waals surface area contributed by atoms with Crippen molar-refractivity contribution in [2.75, 3.05) is 5.32 Å². The largest absolute Gasteiger partial charge is 0.416 e. The molecule has 0 fully saturated rings. The highest BCUT2D eigenvalue weighted by atomic mass is 35.5. The number of halogens is 8. The summed E-state index contributed by atoms with van der Waals surface area (Å²) in [6, 6.07) is 10.9. The van der Waals surface area contributed by atoms with Crippen LogP contribution in [0.3, 0.4) is 0 Å². The molecular formula is C24H17Cl2F6N5. The van der Waals surface area contributed by atoms with E-state index in [2.05, 4.69) is 15.3 Å². The van der Waals surface area contributed by atoms with E-state index in [0.29, 0.717) is 34.3 Å². The van der Waals surface area contributed by atoms with E-state index in [1.54, 1.807) is 24.3 Å². The first kappa shape index (κ1) is 26.6. The maximum absolute atomic E-state index is 13.9. The fraction of sp³-hybridized carbons (Fsp3) is 0.167. The Morgan fingerprint density at radius 1 is 0.973 bits per heavy atom. The Bertz CT molecular complexity index is 1460. The summed E-state index contributed by atoms with van der Waals surface area (Å²) in [6.45, 7) is -0.290. The van der Waals surface area contributed by atoms with Crippen molar-refractivity contribution >= 4 is 45.9 Å². The molecule has 3 aromatic carbocycles. The molecule has 13 heteroatoms. The zero-order chi connectivity index (χ0) is 27.0. The third kappa shape index (κ3) is 6.11. The number of hydrogen-bond donors (Lipinski definition) is 2. The van der Waals surface area contributed by atoms with E-state index in [1.807, 2.05) is 0 Å². The molecule has 0 bridgehead atoms. The van der Waals surface area contributed by atoms with Crippen LogP contribution < -0.4 is 11.1 Å². The molecule has 0 amide bonds. The van der Waals surface area contributed by atoms with Crippen LogP contribution in [-0.2, 0) is 18.9 Å². The number of aliphatic imine (C=N–C) groups is 1. The molecule has 0 aliphatic heterocycles. The lowest BCUT2D eigenvalue weighted by atomic mass is 9.97. The molecule has 0 radical (unpaired) electrons. The van der Waals surface area contributed by atoms with Gasteiger partial charge in [-0.3, -0.25) is 0 Å². The van der Waals surface area contributed by atoms with E-state index in [0.717, 1.165) is 0 Å². The maximum Gasteiger partial charge on any atom is 0.416 e. The van der Waals surface area contributed by atoms with Crippen molar-refractivity contribution in [1.29, 1.82) is 0 Å². The number of aromatic nitrogens is 2. The molecule has 0 aliphatic carbocycles. The van der Waals surface area contributed by atoms with Gasteiger partial charge in [0.05, 0.1) is 51.8 Å². The second-order valence-corrected chi connectivity index (χ2v) is 8.81. The van der Waals surface area contributed by atoms with Crippen LogP contribution in [-0.4, -0.2) is 15.5 Å². The lowest BCUT2D eigenvalue weighted by Gasteiger charge is -2.22. The number of fused-ring (bicyclic) bond motifs is 1. The van der Waals surface area contributed by atoms with Crippen LogP contribution in [0.15, 0.2) is 72.0 Å². The van der Waals surface area contributed by atoms with Gasteiger partial charge in [0.2, 0.25) is 0 Å². The molecule has 1 unspecified atom stereocenters. The van der Waals surface area contributed by atoms with Crippen LogP contribution in [0.2, 0.25) is 10.0 Å². The molecule has 3 N–H and O–H groups in total. The lowest BCUT2D eigenvalue weighted by molar-refractivity contribution is -0.142. The number of alkyl halides is 6. The van der Waals surface area contributed by atoms with Crippen molar-refractivity contribution in [3.05, 3.63) is 93.7 Å². The topological polar surface area (TPSA) is 68.2 Å². The molecule has 1 heterocycles. The minimum absolute atomic E-state index is 0.151. The number of hydrogen-bond acceptors (Lipinski definition) is 2. The molecule has 4 aromatic rings. The Hall–Kier alpha value is -3.44. The third-order valence-electron chi connectivity index (χ3n) is 5.43. The first-order chi connectivity index (χ1) is 17.3. The number of guanidine groups is 1. The molecule has 37 heavy (non-hydrogen) atoms. The Labute approximate surface area is 216 Å². The van der Waals surface area contributed by atoms with Crippen LogP contribution in [0.25, 0.3) is 11.0 Å². The lowest BCUT2D eigenvalue weighted by Crippen LogP contribution is -2.25. The van der Waals surface area contributed by atoms with E-state index in [-0.39, 0.29) is 23.2 Å². The van der Waals surface area contributed by atoms with Crippen molar-refractivity contribution in [1.82, 2.24) is 9.55 Å². The Morgan fingerprint density at radius 2 is 1.70 bits per heavy atom. The summed E-state index contributed by atoms with van der Waals surface area (Å²) >= 11 is 12.0. The van der Waals surface area contributed by atoms with Crippen LogP contribution in [0.5, 0.6) is 0 Å². The van der Waals surface area contributed by atoms with Crippen LogP contribution in [0.4, 0.5) is 32.0 Å². The highest BCUT2D eigenvalue weighted by Crippen LogP contribution is 2.40. The smallest absolute Gasteiger partial charge is 0.370 e. The molecule has 5 nitrogen and oxygen atoms in total. The number of para-hydroxylation sites is 2. The van der Waals surface area contributed by atoms with Gasteiger partial charge in [-0.05, 0) is 54.1 Å². The number of nitrogens with two attached hydrogens (primary N) is 1. The van der Waals surface area contributed by atoms with Gasteiger partial charge in [-0.25, -0.2) is 9.98 Å². The summed E-state index contributed by atoms with van der Waals surface area (Å²) in [5.41, 5.74) is 4.12. The van der Waals surface area contributed by atoms with Crippen molar-refractivity contribution in [3.63, 3.8) is 0 Å². The quantitative estimate of drug-likeness (QED) is 0.151. The number of rotatable bonds is 5. The predicted molar refractivity (Wildman–Crippen MR) is 131 cm³/mol. The van der Waals surface area contributed by atoms with Gasteiger partial charge >= 0.3 is 12.4 Å². The van der Waals surface area contributed by atoms with Crippen molar-refractivity contribution in [2.45, 2.75) is 24.9 Å². The Balaban J connectivity index is 1.84. The average Bonchev–Trinajstić information content (AvgIpc) is 3.22. The minimum atomic E-state index is -4.95. The summed E-state index contributed by atoms with van der Waals surface area (Å²) in [4.78, 5) is 8.36. The monoisotopic (exact) mass is 559 g/mol. The van der Waals surface area contributed by atoms with Gasteiger partial charge in [-0.2, -0.15) is 26.3 Å². The van der Waals surface area contributed by atoms with E-state index < -0.39 is 35.1 Å². The maximum atomic E-state index is 13.9. The van der Waals surface area contributed by atoms with Gasteiger partial charge in [0, 0.05) is 5.02 Å². The normalized spacial score (nSPS) is 13.7. The van der Waals surface area contributed by atoms with E-state index in [4.69, 9.17) is 28.9 Å². The van der Waals surface area contributed by atoms with E-state index in [1.165, 1.54) is 29.1 Å². The van der Waals surface area contributed by atoms with Gasteiger partial charge in [-0.15, -0.1) is 0 Å². The molecule has 1 aromatic heterocycles. The Kier molecular flexibility index (Phi) is 7.29. The number of anilines is 1. The summed E-state index contributed by atoms with van der Waals surface area (Å²) in [5, 5.41) is 3.15. The van der Waals surface area contributed by atoms with Gasteiger partial charge in [0.25, 0.3) is 0 Å². The second kappa shape index (κ2) is 10.1. The van der Waals surface area contributed by atoms with Crippen molar-refractivity contribution in [2.24, 2.45) is 10.7 Å². The zero-order valence-corrected chi connectivity index (χ0v) is 20.1. The predicted octanol–water partition coefficient (Wildman–Crippen LogP) is 7.55. The SMILES string of the molecule is NC(=NC(Cn1cnc2ccccc21)c1cc(C(F)(F)F)ccc1C(F)(F)F)Nc1ccc(Cl)cc1Cl. The van der Waals surface area contributed by atoms with Gasteiger partial charge in [0.1, 0.15) is 0 Å². The first-order valence-electron chi connectivity index (χ1n) is 10.6. The second-order valence-electron chi connectivity index (χ2n) is 7.96. The van der Waals surface area contributed by atoms with Crippen LogP contribution in [0.1, 0.15) is 22.7 Å². The molecule has 0 spiro atoms. The van der Waals surface area contributed by atoms with Crippen LogP contribution in [0, 0.1) is 0 Å². The molecule has 0 saturated heterocycles. The fourth-order valence-corrected chi connectivity index (χ4v) is 4.21. The molecule has 0 aliphatic rings. The van der Waals surface area contributed by atoms with E-state index >= 15 is 0 Å². The molecule has 0 saturated carbocycles. The summed E-state index contributed by atoms with van der Waals surface area (Å²) in [5.74, 6) is -0.371. The van der Waals surface area contributed by atoms with Gasteiger partial charge < -0.3 is 15.6 Å². The summed E-state index contributed by atoms with van der Waals surface area (Å²) in [6.07, 6.45) is -8.46. The molecular weight excluding hydrogens is 543 g/mol. The number of benzene rings is 3. The molecule has 4 rings (SSSR count). The van der Waals surface area contributed by atoms with E-state index in [9.17, 15) is 26.3 Å². The fourth-order valence-electron chi connectivity index (χ4n) is 3.75.